The third-order valence-electron chi connectivity index (χ3n) is 4.90. The van der Waals surface area contributed by atoms with E-state index in [1.54, 1.807) is 24.3 Å². The van der Waals surface area contributed by atoms with Crippen LogP contribution in [0.15, 0.2) is 66.7 Å². The predicted molar refractivity (Wildman–Crippen MR) is 119 cm³/mol. The number of carbonyl (C=O) groups is 1. The van der Waals surface area contributed by atoms with Gasteiger partial charge in [0.05, 0.1) is 11.1 Å². The lowest BCUT2D eigenvalue weighted by Crippen LogP contribution is -2.36. The average Bonchev–Trinajstić information content (AvgIpc) is 2.75. The van der Waals surface area contributed by atoms with E-state index in [0.29, 0.717) is 18.0 Å². The zero-order valence-electron chi connectivity index (χ0n) is 17.9. The summed E-state index contributed by atoms with van der Waals surface area (Å²) in [4.78, 5) is 14.2. The van der Waals surface area contributed by atoms with Gasteiger partial charge in [-0.2, -0.15) is 13.2 Å². The molecule has 0 atom stereocenters. The summed E-state index contributed by atoms with van der Waals surface area (Å²) in [6, 6.07) is 17.6. The van der Waals surface area contributed by atoms with Gasteiger partial charge in [0.25, 0.3) is 5.91 Å². The van der Waals surface area contributed by atoms with Crippen molar-refractivity contribution < 1.29 is 22.7 Å². The van der Waals surface area contributed by atoms with Crippen LogP contribution in [0.25, 0.3) is 0 Å². The maximum absolute atomic E-state index is 13.4. The molecule has 1 amide bonds. The molecule has 0 aliphatic carbocycles. The number of hydrogen-bond donors (Lipinski definition) is 1. The first kappa shape index (κ1) is 23.3. The molecule has 3 rings (SSSR count). The van der Waals surface area contributed by atoms with Gasteiger partial charge in [0, 0.05) is 18.8 Å². The van der Waals surface area contributed by atoms with Gasteiger partial charge in [-0.15, -0.1) is 0 Å². The van der Waals surface area contributed by atoms with Gasteiger partial charge in [0.2, 0.25) is 0 Å². The Kier molecular flexibility index (Phi) is 7.20. The number of rotatable bonds is 7. The van der Waals surface area contributed by atoms with E-state index in [2.05, 4.69) is 6.07 Å². The first-order valence-electron chi connectivity index (χ1n) is 10.2. The molecule has 0 unspecified atom stereocenters. The van der Waals surface area contributed by atoms with Crippen LogP contribution in [-0.4, -0.2) is 19.0 Å². The largest absolute Gasteiger partial charge is 0.489 e. The predicted octanol–water partition coefficient (Wildman–Crippen LogP) is 5.51. The molecule has 0 radical (unpaired) electrons. The molecule has 0 bridgehead atoms. The maximum atomic E-state index is 13.4. The Morgan fingerprint density at radius 3 is 2.19 bits per heavy atom. The monoisotopic (exact) mass is 442 g/mol. The Balaban J connectivity index is 1.80. The van der Waals surface area contributed by atoms with Gasteiger partial charge in [0.1, 0.15) is 12.4 Å². The SMILES string of the molecule is Cc1cc(C)cc(COc2ccc(N(CCN)C(=O)c3ccccc3C(F)(F)F)cc2)c1. The number of aryl methyl sites for hydroxylation is 2. The molecule has 0 aliphatic heterocycles. The average molecular weight is 442 g/mol. The van der Waals surface area contributed by atoms with Crippen molar-refractivity contribution in [2.75, 3.05) is 18.0 Å². The third kappa shape index (κ3) is 5.68. The first-order valence-corrected chi connectivity index (χ1v) is 10.2. The van der Waals surface area contributed by atoms with E-state index < -0.39 is 23.2 Å². The molecule has 168 valence electrons. The highest BCUT2D eigenvalue weighted by molar-refractivity contribution is 6.07. The van der Waals surface area contributed by atoms with Crippen LogP contribution in [0.1, 0.15) is 32.6 Å². The van der Waals surface area contributed by atoms with Gasteiger partial charge in [-0.3, -0.25) is 4.79 Å². The molecule has 32 heavy (non-hydrogen) atoms. The summed E-state index contributed by atoms with van der Waals surface area (Å²) in [5.74, 6) is -0.170. The summed E-state index contributed by atoms with van der Waals surface area (Å²) >= 11 is 0. The number of halogens is 3. The summed E-state index contributed by atoms with van der Waals surface area (Å²) < 4.78 is 46.0. The number of nitrogens with zero attached hydrogens (tertiary/aromatic N) is 1. The number of carbonyl (C=O) groups excluding carboxylic acids is 1. The Labute approximate surface area is 185 Å². The van der Waals surface area contributed by atoms with Crippen molar-refractivity contribution >= 4 is 11.6 Å². The number of hydrogen-bond acceptors (Lipinski definition) is 3. The highest BCUT2D eigenvalue weighted by Gasteiger charge is 2.36. The molecular formula is C25H25F3N2O2. The minimum Gasteiger partial charge on any atom is -0.489 e. The molecule has 0 aliphatic rings. The number of nitrogens with two attached hydrogens (primary N) is 1. The topological polar surface area (TPSA) is 55.6 Å². The molecule has 0 saturated heterocycles. The molecule has 0 saturated carbocycles. The van der Waals surface area contributed by atoms with Crippen molar-refractivity contribution in [2.24, 2.45) is 5.73 Å². The molecule has 0 spiro atoms. The maximum Gasteiger partial charge on any atom is 0.417 e. The second kappa shape index (κ2) is 9.87. The fraction of sp³-hybridized carbons (Fsp3) is 0.240. The van der Waals surface area contributed by atoms with Gasteiger partial charge in [-0.25, -0.2) is 0 Å². The van der Waals surface area contributed by atoms with E-state index in [4.69, 9.17) is 10.5 Å². The van der Waals surface area contributed by atoms with E-state index in [-0.39, 0.29) is 13.1 Å². The van der Waals surface area contributed by atoms with Crippen LogP contribution in [0, 0.1) is 13.8 Å². The molecule has 4 nitrogen and oxygen atoms in total. The van der Waals surface area contributed by atoms with Crippen molar-refractivity contribution in [1.82, 2.24) is 0 Å². The van der Waals surface area contributed by atoms with Crippen LogP contribution < -0.4 is 15.4 Å². The molecule has 0 heterocycles. The Morgan fingerprint density at radius 2 is 1.59 bits per heavy atom. The lowest BCUT2D eigenvalue weighted by Gasteiger charge is -2.24. The van der Waals surface area contributed by atoms with E-state index in [0.717, 1.165) is 22.8 Å². The molecule has 2 N–H and O–H groups in total. The standard InChI is InChI=1S/C25H25F3N2O2/c1-17-13-18(2)15-19(14-17)16-32-21-9-7-20(8-10-21)30(12-11-29)24(31)22-5-3-4-6-23(22)25(26,27)28/h3-10,13-15H,11-12,16,29H2,1-2H3. The zero-order valence-corrected chi connectivity index (χ0v) is 17.9. The van der Waals surface area contributed by atoms with Crippen molar-refractivity contribution in [3.63, 3.8) is 0 Å². The smallest absolute Gasteiger partial charge is 0.417 e. The van der Waals surface area contributed by atoms with Crippen LogP contribution >= 0.6 is 0 Å². The normalized spacial score (nSPS) is 11.3. The van der Waals surface area contributed by atoms with Crippen LogP contribution in [0.4, 0.5) is 18.9 Å². The second-order valence-corrected chi connectivity index (χ2v) is 7.57. The van der Waals surface area contributed by atoms with E-state index >= 15 is 0 Å². The highest BCUT2D eigenvalue weighted by Crippen LogP contribution is 2.33. The van der Waals surface area contributed by atoms with Crippen molar-refractivity contribution in [1.29, 1.82) is 0 Å². The van der Waals surface area contributed by atoms with E-state index in [9.17, 15) is 18.0 Å². The van der Waals surface area contributed by atoms with Gasteiger partial charge in [-0.1, -0.05) is 41.5 Å². The minimum atomic E-state index is -4.63. The van der Waals surface area contributed by atoms with E-state index in [1.807, 2.05) is 26.0 Å². The van der Waals surface area contributed by atoms with Crippen molar-refractivity contribution in [2.45, 2.75) is 26.6 Å². The quantitative estimate of drug-likeness (QED) is 0.525. The second-order valence-electron chi connectivity index (χ2n) is 7.57. The minimum absolute atomic E-state index is 0.0772. The Morgan fingerprint density at radius 1 is 0.969 bits per heavy atom. The van der Waals surface area contributed by atoms with Crippen molar-refractivity contribution in [3.8, 4) is 5.75 Å². The molecule has 3 aromatic carbocycles. The molecule has 3 aromatic rings. The van der Waals surface area contributed by atoms with Gasteiger partial charge >= 0.3 is 6.18 Å². The lowest BCUT2D eigenvalue weighted by molar-refractivity contribution is -0.137. The number of anilines is 1. The fourth-order valence-corrected chi connectivity index (χ4v) is 3.58. The Hall–Kier alpha value is -3.32. The van der Waals surface area contributed by atoms with Crippen LogP contribution in [0.3, 0.4) is 0 Å². The lowest BCUT2D eigenvalue weighted by atomic mass is 10.1. The summed E-state index contributed by atoms with van der Waals surface area (Å²) in [5.41, 5.74) is 8.02. The first-order chi connectivity index (χ1) is 15.2. The number of benzene rings is 3. The van der Waals surface area contributed by atoms with Crippen molar-refractivity contribution in [3.05, 3.63) is 94.5 Å². The molecule has 7 heteroatoms. The highest BCUT2D eigenvalue weighted by atomic mass is 19.4. The van der Waals surface area contributed by atoms with Gasteiger partial charge in [-0.05, 0) is 55.8 Å². The van der Waals surface area contributed by atoms with Crippen LogP contribution in [0.5, 0.6) is 5.75 Å². The number of amides is 1. The van der Waals surface area contributed by atoms with E-state index in [1.165, 1.54) is 23.1 Å². The van der Waals surface area contributed by atoms with Crippen LogP contribution in [-0.2, 0) is 12.8 Å². The van der Waals surface area contributed by atoms with Gasteiger partial charge in [0.15, 0.2) is 0 Å². The third-order valence-corrected chi connectivity index (χ3v) is 4.90. The fourth-order valence-electron chi connectivity index (χ4n) is 3.58. The molecule has 0 fully saturated rings. The Bertz CT molecular complexity index is 1060. The zero-order chi connectivity index (χ0) is 23.3. The summed E-state index contributed by atoms with van der Waals surface area (Å²) in [6.45, 7) is 4.60. The molecular weight excluding hydrogens is 417 g/mol. The number of alkyl halides is 3. The number of ether oxygens (including phenoxy) is 1. The summed E-state index contributed by atoms with van der Waals surface area (Å²) in [6.07, 6.45) is -4.63. The van der Waals surface area contributed by atoms with Gasteiger partial charge < -0.3 is 15.4 Å². The summed E-state index contributed by atoms with van der Waals surface area (Å²) in [7, 11) is 0. The summed E-state index contributed by atoms with van der Waals surface area (Å²) in [5, 5.41) is 0. The van der Waals surface area contributed by atoms with Crippen LogP contribution in [0.2, 0.25) is 0 Å². The molecule has 0 aromatic heterocycles.